The molecule has 9 heteroatoms. The molecule has 1 saturated heterocycles. The van der Waals surface area contributed by atoms with Crippen LogP contribution in [0.15, 0.2) is 23.1 Å². The molecular formula is C15H22N2O6S. The molecule has 0 unspecified atom stereocenters. The molecule has 1 fully saturated rings. The van der Waals surface area contributed by atoms with Crippen molar-refractivity contribution in [3.63, 3.8) is 0 Å². The highest BCUT2D eigenvalue weighted by Crippen LogP contribution is 2.25. The van der Waals surface area contributed by atoms with Crippen molar-refractivity contribution in [1.82, 2.24) is 9.62 Å². The maximum absolute atomic E-state index is 12.5. The third kappa shape index (κ3) is 4.44. The number of nitrogens with zero attached hydrogens (tertiary/aromatic N) is 1. The first-order valence-corrected chi connectivity index (χ1v) is 9.06. The molecule has 1 aromatic rings. The molecule has 0 aromatic heterocycles. The lowest BCUT2D eigenvalue weighted by Crippen LogP contribution is -2.40. The normalized spacial score (nSPS) is 16.7. The van der Waals surface area contributed by atoms with E-state index in [9.17, 15) is 18.3 Å². The summed E-state index contributed by atoms with van der Waals surface area (Å²) in [5.74, 6) is -0.125. The van der Waals surface area contributed by atoms with Crippen molar-refractivity contribution < 1.29 is 27.8 Å². The van der Waals surface area contributed by atoms with Crippen LogP contribution >= 0.6 is 0 Å². The Balaban J connectivity index is 2.31. The summed E-state index contributed by atoms with van der Waals surface area (Å²) in [6.07, 6.45) is -0.830. The van der Waals surface area contributed by atoms with Crippen molar-refractivity contribution in [3.8, 4) is 5.75 Å². The number of methoxy groups -OCH3 is 1. The SMILES string of the molecule is COc1ccc(C(=O)N2CCOCC2)cc1S(=O)(=O)NC[C@H](C)O. The Kier molecular flexibility index (Phi) is 6.16. The van der Waals surface area contributed by atoms with Crippen LogP contribution in [0.1, 0.15) is 17.3 Å². The zero-order valence-corrected chi connectivity index (χ0v) is 14.5. The van der Waals surface area contributed by atoms with E-state index in [0.29, 0.717) is 26.3 Å². The molecule has 1 aliphatic rings. The summed E-state index contributed by atoms with van der Waals surface area (Å²) < 4.78 is 37.4. The number of rotatable bonds is 6. The van der Waals surface area contributed by atoms with Gasteiger partial charge in [0, 0.05) is 25.2 Å². The van der Waals surface area contributed by atoms with Crippen LogP contribution in [0.3, 0.4) is 0 Å². The van der Waals surface area contributed by atoms with E-state index in [4.69, 9.17) is 9.47 Å². The van der Waals surface area contributed by atoms with Gasteiger partial charge in [0.1, 0.15) is 10.6 Å². The third-order valence-electron chi connectivity index (χ3n) is 3.57. The number of carbonyl (C=O) groups is 1. The summed E-state index contributed by atoms with van der Waals surface area (Å²) in [5.41, 5.74) is 0.259. The van der Waals surface area contributed by atoms with Crippen LogP contribution in [0.5, 0.6) is 5.75 Å². The zero-order chi connectivity index (χ0) is 17.7. The first kappa shape index (κ1) is 18.7. The summed E-state index contributed by atoms with van der Waals surface area (Å²) in [6, 6.07) is 4.27. The number of aliphatic hydroxyl groups excluding tert-OH is 1. The van der Waals surface area contributed by atoms with Crippen molar-refractivity contribution in [2.45, 2.75) is 17.9 Å². The van der Waals surface area contributed by atoms with Crippen LogP contribution in [0.2, 0.25) is 0 Å². The van der Waals surface area contributed by atoms with Crippen molar-refractivity contribution in [2.24, 2.45) is 0 Å². The number of aliphatic hydroxyl groups is 1. The van der Waals surface area contributed by atoms with Gasteiger partial charge in [-0.15, -0.1) is 0 Å². The predicted octanol–water partition coefficient (Wildman–Crippen LogP) is -0.173. The Morgan fingerprint density at radius 3 is 2.67 bits per heavy atom. The molecule has 1 amide bonds. The van der Waals surface area contributed by atoms with Crippen LogP contribution in [0.25, 0.3) is 0 Å². The van der Waals surface area contributed by atoms with Crippen molar-refractivity contribution in [2.75, 3.05) is 40.0 Å². The fourth-order valence-corrected chi connectivity index (χ4v) is 3.59. The van der Waals surface area contributed by atoms with Gasteiger partial charge in [0.2, 0.25) is 10.0 Å². The fourth-order valence-electron chi connectivity index (χ4n) is 2.28. The van der Waals surface area contributed by atoms with Crippen LogP contribution in [-0.2, 0) is 14.8 Å². The van der Waals surface area contributed by atoms with Gasteiger partial charge in [-0.2, -0.15) is 0 Å². The number of morpholine rings is 1. The largest absolute Gasteiger partial charge is 0.495 e. The average molecular weight is 358 g/mol. The van der Waals surface area contributed by atoms with Gasteiger partial charge >= 0.3 is 0 Å². The van der Waals surface area contributed by atoms with Crippen molar-refractivity contribution in [3.05, 3.63) is 23.8 Å². The number of sulfonamides is 1. The van der Waals surface area contributed by atoms with E-state index in [1.807, 2.05) is 0 Å². The molecular weight excluding hydrogens is 336 g/mol. The lowest BCUT2D eigenvalue weighted by atomic mass is 10.2. The molecule has 0 radical (unpaired) electrons. The highest BCUT2D eigenvalue weighted by Gasteiger charge is 2.24. The number of carbonyl (C=O) groups excluding carboxylic acids is 1. The average Bonchev–Trinajstić information content (AvgIpc) is 2.59. The van der Waals surface area contributed by atoms with E-state index in [-0.39, 0.29) is 28.7 Å². The second-order valence-corrected chi connectivity index (χ2v) is 7.21. The number of hydrogen-bond acceptors (Lipinski definition) is 6. The smallest absolute Gasteiger partial charge is 0.254 e. The Hall–Kier alpha value is -1.68. The summed E-state index contributed by atoms with van der Waals surface area (Å²) in [7, 11) is -2.56. The maximum atomic E-state index is 12.5. The van der Waals surface area contributed by atoms with Gasteiger partial charge in [0.15, 0.2) is 0 Å². The quantitative estimate of drug-likeness (QED) is 0.731. The fraction of sp³-hybridized carbons (Fsp3) is 0.533. The van der Waals surface area contributed by atoms with E-state index in [2.05, 4.69) is 4.72 Å². The molecule has 1 aliphatic heterocycles. The molecule has 2 N–H and O–H groups in total. The van der Waals surface area contributed by atoms with Gasteiger partial charge in [-0.25, -0.2) is 13.1 Å². The molecule has 8 nitrogen and oxygen atoms in total. The first-order valence-electron chi connectivity index (χ1n) is 7.58. The number of ether oxygens (including phenoxy) is 2. The molecule has 134 valence electrons. The topological polar surface area (TPSA) is 105 Å². The zero-order valence-electron chi connectivity index (χ0n) is 13.7. The molecule has 0 aliphatic carbocycles. The molecule has 0 spiro atoms. The second kappa shape index (κ2) is 7.93. The van der Waals surface area contributed by atoms with Crippen molar-refractivity contribution in [1.29, 1.82) is 0 Å². The van der Waals surface area contributed by atoms with Gasteiger partial charge < -0.3 is 19.5 Å². The summed E-state index contributed by atoms with van der Waals surface area (Å²) in [6.45, 7) is 3.19. The monoisotopic (exact) mass is 358 g/mol. The number of amides is 1. The Morgan fingerprint density at radius 1 is 1.42 bits per heavy atom. The Bertz CT molecular complexity index is 683. The summed E-state index contributed by atoms with van der Waals surface area (Å²) >= 11 is 0. The minimum absolute atomic E-state index is 0.131. The highest BCUT2D eigenvalue weighted by atomic mass is 32.2. The van der Waals surface area contributed by atoms with E-state index in [1.54, 1.807) is 4.90 Å². The molecule has 0 saturated carbocycles. The number of hydrogen-bond donors (Lipinski definition) is 2. The van der Waals surface area contributed by atoms with E-state index in [0.717, 1.165) is 0 Å². The minimum atomic E-state index is -3.92. The van der Waals surface area contributed by atoms with Gasteiger partial charge in [-0.3, -0.25) is 4.79 Å². The standard InChI is InChI=1S/C15H22N2O6S/c1-11(18)10-16-24(20,21)14-9-12(3-4-13(14)22-2)15(19)17-5-7-23-8-6-17/h3-4,9,11,16,18H,5-8,10H2,1-2H3/t11-/m0/s1. The molecule has 24 heavy (non-hydrogen) atoms. The molecule has 2 rings (SSSR count). The van der Waals surface area contributed by atoms with Crippen LogP contribution in [0, 0.1) is 0 Å². The molecule has 0 bridgehead atoms. The third-order valence-corrected chi connectivity index (χ3v) is 5.01. The highest BCUT2D eigenvalue weighted by molar-refractivity contribution is 7.89. The van der Waals surface area contributed by atoms with Crippen LogP contribution in [-0.4, -0.2) is 70.4 Å². The van der Waals surface area contributed by atoms with Gasteiger partial charge in [0.05, 0.1) is 26.4 Å². The second-order valence-electron chi connectivity index (χ2n) is 5.47. The van der Waals surface area contributed by atoms with Gasteiger partial charge in [0.25, 0.3) is 5.91 Å². The predicted molar refractivity (Wildman–Crippen MR) is 86.6 cm³/mol. The lowest BCUT2D eigenvalue weighted by Gasteiger charge is -2.27. The molecule has 1 aromatic carbocycles. The van der Waals surface area contributed by atoms with E-state index >= 15 is 0 Å². The van der Waals surface area contributed by atoms with Gasteiger partial charge in [-0.05, 0) is 25.1 Å². The first-order chi connectivity index (χ1) is 11.3. The summed E-state index contributed by atoms with van der Waals surface area (Å²) in [4.78, 5) is 14.0. The number of nitrogens with one attached hydrogen (secondary N) is 1. The summed E-state index contributed by atoms with van der Waals surface area (Å²) in [5, 5.41) is 9.27. The van der Waals surface area contributed by atoms with Crippen molar-refractivity contribution >= 4 is 15.9 Å². The van der Waals surface area contributed by atoms with E-state index in [1.165, 1.54) is 32.2 Å². The molecule has 1 heterocycles. The Labute approximate surface area is 141 Å². The van der Waals surface area contributed by atoms with Gasteiger partial charge in [-0.1, -0.05) is 0 Å². The molecule has 1 atom stereocenters. The minimum Gasteiger partial charge on any atom is -0.495 e. The van der Waals surface area contributed by atoms with E-state index < -0.39 is 16.1 Å². The van der Waals surface area contributed by atoms with Crippen LogP contribution in [0.4, 0.5) is 0 Å². The Morgan fingerprint density at radius 2 is 2.08 bits per heavy atom. The van der Waals surface area contributed by atoms with Crippen LogP contribution < -0.4 is 9.46 Å². The number of benzene rings is 1. The maximum Gasteiger partial charge on any atom is 0.254 e. The lowest BCUT2D eigenvalue weighted by molar-refractivity contribution is 0.0302.